The van der Waals surface area contributed by atoms with Gasteiger partial charge in [0.1, 0.15) is 0 Å². The van der Waals surface area contributed by atoms with Crippen LogP contribution in [0, 0.1) is 0 Å². The fourth-order valence-corrected chi connectivity index (χ4v) is 1.05. The largest absolute Gasteiger partial charge is 0.493 e. The van der Waals surface area contributed by atoms with Crippen molar-refractivity contribution >= 4 is 5.78 Å². The van der Waals surface area contributed by atoms with Crippen molar-refractivity contribution < 1.29 is 9.84 Å². The van der Waals surface area contributed by atoms with Gasteiger partial charge in [-0.1, -0.05) is 0 Å². The topological polar surface area (TPSA) is 92.5 Å². The van der Waals surface area contributed by atoms with Crippen LogP contribution in [-0.2, 0) is 0 Å². The van der Waals surface area contributed by atoms with Gasteiger partial charge in [-0.25, -0.2) is 0 Å². The van der Waals surface area contributed by atoms with Crippen molar-refractivity contribution in [3.05, 3.63) is 16.4 Å². The second-order valence-electron chi connectivity index (χ2n) is 2.55. The first-order chi connectivity index (χ1) is 6.70. The molecule has 0 unspecified atom stereocenters. The minimum Gasteiger partial charge on any atom is -0.493 e. The molecule has 2 N–H and O–H groups in total. The maximum atomic E-state index is 10.9. The first-order valence-electron chi connectivity index (χ1n) is 4.02. The molecular weight excluding hydrogens is 188 g/mol. The molecule has 2 aromatic heterocycles. The minimum absolute atomic E-state index is 0.115. The summed E-state index contributed by atoms with van der Waals surface area (Å²) >= 11 is 0. The molecule has 0 spiro atoms. The second-order valence-corrected chi connectivity index (χ2v) is 2.55. The van der Waals surface area contributed by atoms with Gasteiger partial charge in [0.05, 0.1) is 12.7 Å². The van der Waals surface area contributed by atoms with E-state index in [-0.39, 0.29) is 17.7 Å². The van der Waals surface area contributed by atoms with E-state index >= 15 is 0 Å². The average molecular weight is 196 g/mol. The van der Waals surface area contributed by atoms with E-state index in [0.29, 0.717) is 6.61 Å². The predicted molar refractivity (Wildman–Crippen MR) is 46.4 cm³/mol. The van der Waals surface area contributed by atoms with Gasteiger partial charge in [-0.05, 0) is 6.92 Å². The SMILES string of the molecule is CCOc1nc2[nH]c(=O)cc(O)n2n1. The summed E-state index contributed by atoms with van der Waals surface area (Å²) in [5.41, 5.74) is -0.439. The minimum atomic E-state index is -0.439. The molecule has 7 heteroatoms. The third-order valence-corrected chi connectivity index (χ3v) is 1.57. The van der Waals surface area contributed by atoms with Crippen LogP contribution in [-0.4, -0.2) is 31.3 Å². The summed E-state index contributed by atoms with van der Waals surface area (Å²) in [6, 6.07) is 1.13. The number of aromatic hydroxyl groups is 1. The second kappa shape index (κ2) is 3.02. The molecule has 74 valence electrons. The lowest BCUT2D eigenvalue weighted by Crippen LogP contribution is -2.07. The van der Waals surface area contributed by atoms with E-state index < -0.39 is 5.56 Å². The van der Waals surface area contributed by atoms with Gasteiger partial charge in [0.15, 0.2) is 0 Å². The monoisotopic (exact) mass is 196 g/mol. The third kappa shape index (κ3) is 1.28. The highest BCUT2D eigenvalue weighted by Crippen LogP contribution is 2.09. The highest BCUT2D eigenvalue weighted by atomic mass is 16.5. The van der Waals surface area contributed by atoms with Crippen LogP contribution in [0.5, 0.6) is 11.9 Å². The van der Waals surface area contributed by atoms with Crippen molar-refractivity contribution in [2.75, 3.05) is 6.61 Å². The first-order valence-corrected chi connectivity index (χ1v) is 4.02. The standard InChI is InChI=1S/C7H8N4O3/c1-2-14-7-9-6-8-4(12)3-5(13)11(6)10-7/h3,13H,2H2,1H3,(H,8,9,10,12). The van der Waals surface area contributed by atoms with Gasteiger partial charge < -0.3 is 9.84 Å². The molecule has 0 aliphatic rings. The molecule has 0 aliphatic heterocycles. The molecule has 7 nitrogen and oxygen atoms in total. The molecule has 0 radical (unpaired) electrons. The zero-order chi connectivity index (χ0) is 10.1. The summed E-state index contributed by atoms with van der Waals surface area (Å²) in [4.78, 5) is 17.2. The quantitative estimate of drug-likeness (QED) is 0.676. The Morgan fingerprint density at radius 3 is 3.21 bits per heavy atom. The molecule has 0 atom stereocenters. The van der Waals surface area contributed by atoms with Gasteiger partial charge in [-0.15, -0.1) is 5.10 Å². The molecule has 0 saturated carbocycles. The Morgan fingerprint density at radius 2 is 2.50 bits per heavy atom. The average Bonchev–Trinajstić information content (AvgIpc) is 2.48. The van der Waals surface area contributed by atoms with Gasteiger partial charge in [0.25, 0.3) is 5.56 Å². The summed E-state index contributed by atoms with van der Waals surface area (Å²) in [5, 5.41) is 13.1. The number of hydrogen-bond donors (Lipinski definition) is 2. The Morgan fingerprint density at radius 1 is 1.71 bits per heavy atom. The first kappa shape index (κ1) is 8.54. The van der Waals surface area contributed by atoms with Crippen molar-refractivity contribution in [3.63, 3.8) is 0 Å². The number of fused-ring (bicyclic) bond motifs is 1. The zero-order valence-corrected chi connectivity index (χ0v) is 7.39. The Balaban J connectivity index is 2.64. The van der Waals surface area contributed by atoms with Crippen LogP contribution in [0.2, 0.25) is 0 Å². The molecule has 0 saturated heterocycles. The number of aromatic amines is 1. The molecule has 0 aliphatic carbocycles. The number of nitrogens with zero attached hydrogens (tertiary/aromatic N) is 3. The van der Waals surface area contributed by atoms with Gasteiger partial charge >= 0.3 is 6.01 Å². The van der Waals surface area contributed by atoms with Gasteiger partial charge in [-0.2, -0.15) is 9.50 Å². The maximum Gasteiger partial charge on any atom is 0.337 e. The van der Waals surface area contributed by atoms with Crippen molar-refractivity contribution in [2.45, 2.75) is 6.92 Å². The lowest BCUT2D eigenvalue weighted by atomic mass is 10.6. The van der Waals surface area contributed by atoms with Crippen LogP contribution in [0.15, 0.2) is 10.9 Å². The highest BCUT2D eigenvalue weighted by molar-refractivity contribution is 5.31. The zero-order valence-electron chi connectivity index (χ0n) is 7.39. The van der Waals surface area contributed by atoms with Crippen LogP contribution in [0.4, 0.5) is 0 Å². The van der Waals surface area contributed by atoms with Crippen LogP contribution in [0.1, 0.15) is 6.92 Å². The highest BCUT2D eigenvalue weighted by Gasteiger charge is 2.08. The van der Waals surface area contributed by atoms with Crippen molar-refractivity contribution in [2.24, 2.45) is 0 Å². The van der Waals surface area contributed by atoms with Gasteiger partial charge in [0, 0.05) is 0 Å². The van der Waals surface area contributed by atoms with Crippen LogP contribution in [0.25, 0.3) is 5.78 Å². The number of nitrogens with one attached hydrogen (secondary N) is 1. The molecule has 0 fully saturated rings. The maximum absolute atomic E-state index is 10.9. The van der Waals surface area contributed by atoms with Crippen molar-refractivity contribution in [3.8, 4) is 11.9 Å². The van der Waals surface area contributed by atoms with Crippen LogP contribution in [0.3, 0.4) is 0 Å². The molecule has 0 amide bonds. The molecule has 0 aromatic carbocycles. The van der Waals surface area contributed by atoms with Crippen LogP contribution < -0.4 is 10.3 Å². The fraction of sp³-hybridized carbons (Fsp3) is 0.286. The Labute approximate surface area is 78.0 Å². The van der Waals surface area contributed by atoms with E-state index in [1.165, 1.54) is 0 Å². The summed E-state index contributed by atoms with van der Waals surface area (Å²) in [7, 11) is 0. The fourth-order valence-electron chi connectivity index (χ4n) is 1.05. The number of rotatable bonds is 2. The van der Waals surface area contributed by atoms with Crippen LogP contribution >= 0.6 is 0 Å². The Hall–Kier alpha value is -2.05. The number of ether oxygens (including phenoxy) is 1. The third-order valence-electron chi connectivity index (χ3n) is 1.57. The molecule has 2 aromatic rings. The normalized spacial score (nSPS) is 10.6. The van der Waals surface area contributed by atoms with Crippen molar-refractivity contribution in [1.82, 2.24) is 19.6 Å². The lowest BCUT2D eigenvalue weighted by molar-refractivity contribution is 0.311. The number of aromatic nitrogens is 4. The van der Waals surface area contributed by atoms with Crippen molar-refractivity contribution in [1.29, 1.82) is 0 Å². The lowest BCUT2D eigenvalue weighted by Gasteiger charge is -1.92. The summed E-state index contributed by atoms with van der Waals surface area (Å²) in [6.07, 6.45) is 0. The summed E-state index contributed by atoms with van der Waals surface area (Å²) in [5.74, 6) is -0.124. The van der Waals surface area contributed by atoms with E-state index in [1.54, 1.807) is 6.92 Å². The molecule has 0 bridgehead atoms. The van der Waals surface area contributed by atoms with Gasteiger partial charge in [-0.3, -0.25) is 9.78 Å². The Bertz CT molecular complexity index is 515. The predicted octanol–water partition coefficient (Wildman–Crippen LogP) is -0.478. The smallest absolute Gasteiger partial charge is 0.337 e. The number of H-pyrrole nitrogens is 1. The molecule has 2 heterocycles. The van der Waals surface area contributed by atoms with E-state index in [0.717, 1.165) is 10.6 Å². The van der Waals surface area contributed by atoms with E-state index in [4.69, 9.17) is 4.74 Å². The van der Waals surface area contributed by atoms with Gasteiger partial charge in [0.2, 0.25) is 11.7 Å². The summed E-state index contributed by atoms with van der Waals surface area (Å²) < 4.78 is 6.10. The molecular formula is C7H8N4O3. The van der Waals surface area contributed by atoms with E-state index in [9.17, 15) is 9.90 Å². The van der Waals surface area contributed by atoms with E-state index in [1.807, 2.05) is 0 Å². The summed E-state index contributed by atoms with van der Waals surface area (Å²) in [6.45, 7) is 2.20. The Kier molecular flexibility index (Phi) is 1.84. The number of hydrogen-bond acceptors (Lipinski definition) is 5. The van der Waals surface area contributed by atoms with E-state index in [2.05, 4.69) is 15.1 Å². The molecule has 2 rings (SSSR count). The molecule has 14 heavy (non-hydrogen) atoms.